The van der Waals surface area contributed by atoms with E-state index >= 15 is 0 Å². The van der Waals surface area contributed by atoms with E-state index in [2.05, 4.69) is 32.2 Å². The van der Waals surface area contributed by atoms with Crippen LogP contribution in [0.4, 0.5) is 11.4 Å². The van der Waals surface area contributed by atoms with Crippen molar-refractivity contribution in [1.82, 2.24) is 4.90 Å². The molecule has 11 heteroatoms. The third-order valence-corrected chi connectivity index (χ3v) is 9.49. The van der Waals surface area contributed by atoms with Crippen molar-refractivity contribution in [3.05, 3.63) is 69.5 Å². The summed E-state index contributed by atoms with van der Waals surface area (Å²) in [6.45, 7) is 6.89. The fourth-order valence-electron chi connectivity index (χ4n) is 7.49. The molecule has 0 heterocycles. The number of nitrogens with two attached hydrogens (primary N) is 1. The van der Waals surface area contributed by atoms with Gasteiger partial charge in [0.15, 0.2) is 11.4 Å². The highest BCUT2D eigenvalue weighted by Gasteiger charge is 2.64. The van der Waals surface area contributed by atoms with Crippen LogP contribution in [-0.2, 0) is 33.8 Å². The highest BCUT2D eigenvalue weighted by molar-refractivity contribution is 6.24. The van der Waals surface area contributed by atoms with Crippen molar-refractivity contribution in [2.75, 3.05) is 38.4 Å². The zero-order valence-electron chi connectivity index (χ0n) is 27.4. The molecule has 0 aliphatic heterocycles. The van der Waals surface area contributed by atoms with E-state index < -0.39 is 58.0 Å². The van der Waals surface area contributed by atoms with Gasteiger partial charge in [-0.05, 0) is 67.4 Å². The van der Waals surface area contributed by atoms with Crippen molar-refractivity contribution in [3.8, 4) is 5.75 Å². The highest BCUT2D eigenvalue weighted by Crippen LogP contribution is 2.54. The molecule has 1 amide bonds. The Morgan fingerprint density at radius 2 is 1.70 bits per heavy atom. The first-order valence-electron chi connectivity index (χ1n) is 15.4. The third kappa shape index (κ3) is 5.21. The highest BCUT2D eigenvalue weighted by atomic mass is 16.3. The number of aromatic hydroxyl groups is 1. The summed E-state index contributed by atoms with van der Waals surface area (Å²) in [5.74, 6) is -6.75. The van der Waals surface area contributed by atoms with Crippen LogP contribution in [0.5, 0.6) is 5.75 Å². The van der Waals surface area contributed by atoms with Gasteiger partial charge >= 0.3 is 0 Å². The number of ketones is 2. The predicted molar refractivity (Wildman–Crippen MR) is 175 cm³/mol. The summed E-state index contributed by atoms with van der Waals surface area (Å²) in [5.41, 5.74) is 5.71. The lowest BCUT2D eigenvalue weighted by atomic mass is 9.57. The Morgan fingerprint density at radius 3 is 2.26 bits per heavy atom. The Balaban J connectivity index is 1.63. The van der Waals surface area contributed by atoms with Crippen molar-refractivity contribution in [1.29, 1.82) is 0 Å². The Hall–Kier alpha value is -4.35. The van der Waals surface area contributed by atoms with Crippen LogP contribution >= 0.6 is 0 Å². The number of carbonyl (C=O) groups is 3. The normalized spacial score (nSPS) is 24.5. The van der Waals surface area contributed by atoms with E-state index in [0.717, 1.165) is 12.0 Å². The molecule has 2 aromatic rings. The Morgan fingerprint density at radius 1 is 1.07 bits per heavy atom. The summed E-state index contributed by atoms with van der Waals surface area (Å²) in [4.78, 5) is 43.1. The second kappa shape index (κ2) is 11.5. The molecule has 1 saturated carbocycles. The number of anilines is 2. The standard InChI is InChI=1S/C35H44N4O7/c1-34(2,3)15-17-10-8-9-11-18(17)16-37-22-14-23(38(4)5)20-12-19-13-21-27(39(6)7)30(42)26(33(36)45)32(44)35(21,46)31(43)24(19)29(41)25(20)28(22)40/h8-11,14,19,21,27,37,40-41,44,46H,12-13,15-16H2,1-7H3,(H2,36,45)/t19-,21-,27-,35-/m0/s1. The maximum absolute atomic E-state index is 14.2. The van der Waals surface area contributed by atoms with E-state index in [1.807, 2.05) is 37.2 Å². The van der Waals surface area contributed by atoms with Gasteiger partial charge in [0.25, 0.3) is 5.91 Å². The fraction of sp³-hybridized carbons (Fsp3) is 0.457. The molecule has 1 fully saturated rings. The molecule has 7 N–H and O–H groups in total. The van der Waals surface area contributed by atoms with Crippen LogP contribution in [0.25, 0.3) is 5.76 Å². The Labute approximate surface area is 269 Å². The molecule has 2 aromatic carbocycles. The van der Waals surface area contributed by atoms with Crippen LogP contribution in [0, 0.1) is 17.3 Å². The molecular weight excluding hydrogens is 588 g/mol. The predicted octanol–water partition coefficient (Wildman–Crippen LogP) is 3.23. The molecule has 4 atom stereocenters. The van der Waals surface area contributed by atoms with Gasteiger partial charge < -0.3 is 36.4 Å². The molecule has 3 aliphatic rings. The molecule has 11 nitrogen and oxygen atoms in total. The van der Waals surface area contributed by atoms with E-state index in [-0.39, 0.29) is 35.1 Å². The minimum Gasteiger partial charge on any atom is -0.508 e. The number of nitrogens with zero attached hydrogens (tertiary/aromatic N) is 2. The van der Waals surface area contributed by atoms with Gasteiger partial charge in [-0.1, -0.05) is 45.0 Å². The van der Waals surface area contributed by atoms with E-state index in [9.17, 15) is 34.8 Å². The first-order valence-corrected chi connectivity index (χ1v) is 15.4. The van der Waals surface area contributed by atoms with Gasteiger partial charge in [-0.15, -0.1) is 0 Å². The number of likely N-dealkylation sites (N-methyl/N-ethyl adjacent to an activating group) is 1. The number of Topliss-reactive ketones (excluding diaryl/α,β-unsaturated/α-hetero) is 2. The van der Waals surface area contributed by atoms with Gasteiger partial charge in [0, 0.05) is 37.8 Å². The van der Waals surface area contributed by atoms with E-state index in [4.69, 9.17) is 5.73 Å². The summed E-state index contributed by atoms with van der Waals surface area (Å²) in [6, 6.07) is 8.72. The average molecular weight is 633 g/mol. The zero-order chi connectivity index (χ0) is 34.0. The SMILES string of the molecule is CN(C)c1cc(NCc2ccccc2CC(C)(C)C)c(O)c2c1C[C@H]1C[C@H]3[C@H](N(C)C)C(=O)C(C(N)=O)=C(O)[C@@]3(O)C(=O)C1=C2O. The Kier molecular flexibility index (Phi) is 8.23. The fourth-order valence-corrected chi connectivity index (χ4v) is 7.49. The molecule has 0 bridgehead atoms. The molecule has 246 valence electrons. The monoisotopic (exact) mass is 632 g/mol. The first-order chi connectivity index (χ1) is 21.4. The molecular formula is C35H44N4O7. The van der Waals surface area contributed by atoms with Crippen LogP contribution in [0.1, 0.15) is 49.4 Å². The minimum atomic E-state index is -2.68. The smallest absolute Gasteiger partial charge is 0.255 e. The van der Waals surface area contributed by atoms with Crippen LogP contribution in [0.2, 0.25) is 0 Å². The molecule has 0 aromatic heterocycles. The van der Waals surface area contributed by atoms with Crippen LogP contribution in [0.3, 0.4) is 0 Å². The second-order valence-electron chi connectivity index (χ2n) is 14.4. The van der Waals surface area contributed by atoms with Gasteiger partial charge in [-0.3, -0.25) is 19.3 Å². The van der Waals surface area contributed by atoms with Gasteiger partial charge in [0.1, 0.15) is 22.8 Å². The van der Waals surface area contributed by atoms with Gasteiger partial charge in [-0.2, -0.15) is 0 Å². The summed E-state index contributed by atoms with van der Waals surface area (Å²) < 4.78 is 0. The lowest BCUT2D eigenvalue weighted by Crippen LogP contribution is -2.65. The Bertz CT molecular complexity index is 1700. The van der Waals surface area contributed by atoms with Crippen molar-refractivity contribution < 1.29 is 34.8 Å². The number of fused-ring (bicyclic) bond motifs is 3. The van der Waals surface area contributed by atoms with Crippen LogP contribution in [-0.4, -0.2) is 82.6 Å². The van der Waals surface area contributed by atoms with Gasteiger partial charge in [0.05, 0.1) is 17.3 Å². The maximum atomic E-state index is 14.2. The average Bonchev–Trinajstić information content (AvgIpc) is 2.94. The lowest BCUT2D eigenvalue weighted by molar-refractivity contribution is -0.153. The first kappa shape index (κ1) is 33.0. The number of primary amides is 1. The number of hydrogen-bond acceptors (Lipinski definition) is 10. The van der Waals surface area contributed by atoms with Gasteiger partial charge in [-0.25, -0.2) is 0 Å². The molecule has 46 heavy (non-hydrogen) atoms. The number of nitrogens with one attached hydrogen (secondary N) is 1. The zero-order valence-corrected chi connectivity index (χ0v) is 27.4. The van der Waals surface area contributed by atoms with Gasteiger partial charge in [0.2, 0.25) is 5.78 Å². The van der Waals surface area contributed by atoms with Crippen molar-refractivity contribution in [2.24, 2.45) is 23.0 Å². The molecule has 0 spiro atoms. The summed E-state index contributed by atoms with van der Waals surface area (Å²) in [7, 11) is 6.83. The summed E-state index contributed by atoms with van der Waals surface area (Å²) in [6.07, 6.45) is 1.09. The topological polar surface area (TPSA) is 177 Å². The number of aliphatic hydroxyl groups excluding tert-OH is 2. The number of amides is 1. The number of hydrogen-bond donors (Lipinski definition) is 6. The van der Waals surface area contributed by atoms with Crippen molar-refractivity contribution in [3.63, 3.8) is 0 Å². The largest absolute Gasteiger partial charge is 0.508 e. The number of benzene rings is 2. The number of rotatable bonds is 7. The summed E-state index contributed by atoms with van der Waals surface area (Å²) >= 11 is 0. The van der Waals surface area contributed by atoms with Crippen molar-refractivity contribution >= 4 is 34.6 Å². The van der Waals surface area contributed by atoms with E-state index in [1.54, 1.807) is 20.2 Å². The summed E-state index contributed by atoms with van der Waals surface area (Å²) in [5, 5.41) is 49.7. The molecule has 3 aliphatic carbocycles. The number of phenolic OH excluding ortho intramolecular Hbond substituents is 1. The van der Waals surface area contributed by atoms with E-state index in [0.29, 0.717) is 23.5 Å². The lowest BCUT2D eigenvalue weighted by Gasteiger charge is -2.50. The second-order valence-corrected chi connectivity index (χ2v) is 14.4. The number of aliphatic hydroxyl groups is 3. The maximum Gasteiger partial charge on any atom is 0.255 e. The molecule has 0 unspecified atom stereocenters. The van der Waals surface area contributed by atoms with Crippen LogP contribution < -0.4 is 16.0 Å². The molecule has 5 rings (SSSR count). The van der Waals surface area contributed by atoms with Crippen LogP contribution in [0.15, 0.2) is 47.2 Å². The molecule has 0 radical (unpaired) electrons. The number of carbonyl (C=O) groups excluding carboxylic acids is 3. The molecule has 0 saturated heterocycles. The number of phenols is 1. The van der Waals surface area contributed by atoms with E-state index in [1.165, 1.54) is 10.5 Å². The third-order valence-electron chi connectivity index (χ3n) is 9.49. The minimum absolute atomic E-state index is 0.0317. The quantitative estimate of drug-likeness (QED) is 0.196. The van der Waals surface area contributed by atoms with Crippen molar-refractivity contribution in [2.45, 2.75) is 58.2 Å².